The van der Waals surface area contributed by atoms with Gasteiger partial charge in [0.2, 0.25) is 5.91 Å². The summed E-state index contributed by atoms with van der Waals surface area (Å²) in [5.74, 6) is -0.0764. The maximum Gasteiger partial charge on any atom is 0.407 e. The number of carbonyl (C=O) groups is 2. The molecule has 1 aliphatic heterocycles. The van der Waals surface area contributed by atoms with Gasteiger partial charge in [-0.1, -0.05) is 66.3 Å². The van der Waals surface area contributed by atoms with Gasteiger partial charge in [-0.2, -0.15) is 0 Å². The predicted molar refractivity (Wildman–Crippen MR) is 139 cm³/mol. The number of rotatable bonds is 4. The van der Waals surface area contributed by atoms with Crippen LogP contribution >= 0.6 is 0 Å². The van der Waals surface area contributed by atoms with Gasteiger partial charge in [-0.25, -0.2) is 4.79 Å². The highest BCUT2D eigenvalue weighted by Crippen LogP contribution is 2.38. The highest BCUT2D eigenvalue weighted by molar-refractivity contribution is 5.95. The lowest BCUT2D eigenvalue weighted by Gasteiger charge is -2.32. The SMILES string of the molecule is CC(C)(C)OC(=O)N[C@H](CO)CC(=O)N1CCC(=C2c3ccccc3C=Cc3ccccc32)CC1. The molecule has 2 aromatic rings. The Kier molecular flexibility index (Phi) is 7.41. The van der Waals surface area contributed by atoms with Gasteiger partial charge < -0.3 is 20.1 Å². The molecule has 6 heteroatoms. The summed E-state index contributed by atoms with van der Waals surface area (Å²) in [5, 5.41) is 12.3. The molecular weight excluding hydrogens is 440 g/mol. The van der Waals surface area contributed by atoms with Crippen molar-refractivity contribution in [3.8, 4) is 0 Å². The first-order valence-electron chi connectivity index (χ1n) is 12.2. The number of carbonyl (C=O) groups excluding carboxylic acids is 2. The van der Waals surface area contributed by atoms with Gasteiger partial charge in [-0.05, 0) is 61.4 Å². The van der Waals surface area contributed by atoms with Crippen LogP contribution in [0.1, 0.15) is 62.3 Å². The summed E-state index contributed by atoms with van der Waals surface area (Å²) in [6, 6.07) is 16.2. The van der Waals surface area contributed by atoms with Crippen LogP contribution in [0.5, 0.6) is 0 Å². The lowest BCUT2D eigenvalue weighted by atomic mass is 9.86. The van der Waals surface area contributed by atoms with E-state index in [2.05, 4.69) is 66.0 Å². The van der Waals surface area contributed by atoms with E-state index in [1.165, 1.54) is 33.4 Å². The van der Waals surface area contributed by atoms with Gasteiger partial charge in [-0.15, -0.1) is 0 Å². The summed E-state index contributed by atoms with van der Waals surface area (Å²) < 4.78 is 5.25. The first-order valence-corrected chi connectivity index (χ1v) is 12.2. The molecule has 0 saturated carbocycles. The Bertz CT molecular complexity index is 1100. The van der Waals surface area contributed by atoms with E-state index in [0.29, 0.717) is 13.1 Å². The number of alkyl carbamates (subject to hydrolysis) is 1. The molecule has 0 spiro atoms. The summed E-state index contributed by atoms with van der Waals surface area (Å²) in [7, 11) is 0. The molecule has 35 heavy (non-hydrogen) atoms. The lowest BCUT2D eigenvalue weighted by Crippen LogP contribution is -2.45. The van der Waals surface area contributed by atoms with Gasteiger partial charge in [0.05, 0.1) is 12.6 Å². The average molecular weight is 475 g/mol. The van der Waals surface area contributed by atoms with Gasteiger partial charge in [0.1, 0.15) is 5.60 Å². The molecule has 2 aromatic carbocycles. The van der Waals surface area contributed by atoms with Crippen molar-refractivity contribution < 1.29 is 19.4 Å². The maximum atomic E-state index is 13.0. The lowest BCUT2D eigenvalue weighted by molar-refractivity contribution is -0.132. The molecule has 1 heterocycles. The van der Waals surface area contributed by atoms with E-state index in [1.807, 2.05) is 4.90 Å². The van der Waals surface area contributed by atoms with Crippen molar-refractivity contribution in [2.24, 2.45) is 0 Å². The van der Waals surface area contributed by atoms with E-state index < -0.39 is 17.7 Å². The van der Waals surface area contributed by atoms with Gasteiger partial charge in [-0.3, -0.25) is 4.79 Å². The third-order valence-corrected chi connectivity index (χ3v) is 6.34. The van der Waals surface area contributed by atoms with Crippen LogP contribution in [-0.2, 0) is 9.53 Å². The van der Waals surface area contributed by atoms with Crippen LogP contribution in [0.25, 0.3) is 17.7 Å². The van der Waals surface area contributed by atoms with E-state index >= 15 is 0 Å². The molecule has 4 rings (SSSR count). The molecule has 1 saturated heterocycles. The molecule has 0 aromatic heterocycles. The molecule has 1 fully saturated rings. The second-order valence-corrected chi connectivity index (χ2v) is 10.1. The fraction of sp³-hybridized carbons (Fsp3) is 0.379. The van der Waals surface area contributed by atoms with Crippen LogP contribution in [0.15, 0.2) is 54.1 Å². The van der Waals surface area contributed by atoms with Gasteiger partial charge >= 0.3 is 6.09 Å². The number of aliphatic hydroxyl groups excluding tert-OH is 1. The minimum absolute atomic E-state index is 0.0389. The smallest absolute Gasteiger partial charge is 0.407 e. The van der Waals surface area contributed by atoms with Crippen LogP contribution in [0.2, 0.25) is 0 Å². The number of amides is 2. The van der Waals surface area contributed by atoms with Crippen molar-refractivity contribution in [2.75, 3.05) is 19.7 Å². The zero-order chi connectivity index (χ0) is 25.0. The van der Waals surface area contributed by atoms with Crippen LogP contribution < -0.4 is 5.32 Å². The monoisotopic (exact) mass is 474 g/mol. The fourth-order valence-corrected chi connectivity index (χ4v) is 4.70. The third kappa shape index (κ3) is 6.01. The van der Waals surface area contributed by atoms with Crippen LogP contribution in [0.4, 0.5) is 4.79 Å². The van der Waals surface area contributed by atoms with Crippen molar-refractivity contribution in [3.63, 3.8) is 0 Å². The van der Waals surface area contributed by atoms with Crippen molar-refractivity contribution in [2.45, 2.75) is 51.7 Å². The fourth-order valence-electron chi connectivity index (χ4n) is 4.70. The number of ether oxygens (including phenoxy) is 1. The number of piperidine rings is 1. The Hall–Kier alpha value is -3.38. The highest BCUT2D eigenvalue weighted by Gasteiger charge is 2.27. The Morgan fingerprint density at radius 1 is 0.971 bits per heavy atom. The summed E-state index contributed by atoms with van der Waals surface area (Å²) in [6.45, 7) is 6.21. The molecule has 1 atom stereocenters. The molecule has 0 radical (unpaired) electrons. The van der Waals surface area contributed by atoms with E-state index in [0.717, 1.165) is 12.8 Å². The second-order valence-electron chi connectivity index (χ2n) is 10.1. The average Bonchev–Trinajstić information content (AvgIpc) is 2.99. The van der Waals surface area contributed by atoms with Gasteiger partial charge in [0, 0.05) is 19.5 Å². The number of nitrogens with one attached hydrogen (secondary N) is 1. The van der Waals surface area contributed by atoms with Crippen molar-refractivity contribution in [1.29, 1.82) is 0 Å². The molecule has 0 unspecified atom stereocenters. The van der Waals surface area contributed by atoms with Crippen molar-refractivity contribution >= 4 is 29.7 Å². The first-order chi connectivity index (χ1) is 16.7. The summed E-state index contributed by atoms with van der Waals surface area (Å²) >= 11 is 0. The minimum Gasteiger partial charge on any atom is -0.444 e. The molecule has 0 bridgehead atoms. The Labute approximate surface area is 207 Å². The number of nitrogens with zero attached hydrogens (tertiary/aromatic N) is 1. The maximum absolute atomic E-state index is 13.0. The Morgan fingerprint density at radius 2 is 1.51 bits per heavy atom. The van der Waals surface area contributed by atoms with Gasteiger partial charge in [0.25, 0.3) is 0 Å². The largest absolute Gasteiger partial charge is 0.444 e. The quantitative estimate of drug-likeness (QED) is 0.565. The molecule has 2 aliphatic rings. The summed E-state index contributed by atoms with van der Waals surface area (Å²) in [6.07, 6.45) is 5.33. The van der Waals surface area contributed by atoms with E-state index in [4.69, 9.17) is 4.74 Å². The van der Waals surface area contributed by atoms with Crippen LogP contribution in [0, 0.1) is 0 Å². The zero-order valence-corrected chi connectivity index (χ0v) is 20.7. The molecule has 6 nitrogen and oxygen atoms in total. The molecule has 2 amide bonds. The topological polar surface area (TPSA) is 78.9 Å². The second kappa shape index (κ2) is 10.5. The molecular formula is C29H34N2O4. The number of likely N-dealkylation sites (tertiary alicyclic amines) is 1. The number of aliphatic hydroxyl groups is 1. The van der Waals surface area contributed by atoms with E-state index in [-0.39, 0.29) is 18.9 Å². The van der Waals surface area contributed by atoms with Crippen LogP contribution in [0.3, 0.4) is 0 Å². The van der Waals surface area contributed by atoms with Crippen molar-refractivity contribution in [3.05, 3.63) is 76.4 Å². The zero-order valence-electron chi connectivity index (χ0n) is 20.7. The highest BCUT2D eigenvalue weighted by atomic mass is 16.6. The Balaban J connectivity index is 1.48. The van der Waals surface area contributed by atoms with Gasteiger partial charge in [0.15, 0.2) is 0 Å². The Morgan fingerprint density at radius 3 is 2.03 bits per heavy atom. The number of hydrogen-bond acceptors (Lipinski definition) is 4. The predicted octanol–water partition coefficient (Wildman–Crippen LogP) is 4.87. The number of benzene rings is 2. The van der Waals surface area contributed by atoms with Crippen molar-refractivity contribution in [1.82, 2.24) is 10.2 Å². The first kappa shape index (κ1) is 24.7. The number of hydrogen-bond donors (Lipinski definition) is 2. The normalized spacial score (nSPS) is 16.2. The standard InChI is InChI=1S/C29H34N2O4/c1-29(2,3)35-28(34)30-23(19-32)18-26(33)31-16-14-22(15-17-31)27-24-10-6-4-8-20(24)12-13-21-9-5-7-11-25(21)27/h4-13,23,32H,14-19H2,1-3H3,(H,30,34)/t23-/m0/s1. The van der Waals surface area contributed by atoms with E-state index in [1.54, 1.807) is 20.8 Å². The summed E-state index contributed by atoms with van der Waals surface area (Å²) in [5.41, 5.74) is 6.83. The molecule has 1 aliphatic carbocycles. The van der Waals surface area contributed by atoms with E-state index in [9.17, 15) is 14.7 Å². The summed E-state index contributed by atoms with van der Waals surface area (Å²) in [4.78, 5) is 26.8. The number of fused-ring (bicyclic) bond motifs is 2. The molecule has 184 valence electrons. The minimum atomic E-state index is -0.677. The molecule has 2 N–H and O–H groups in total. The third-order valence-electron chi connectivity index (χ3n) is 6.34. The van der Waals surface area contributed by atoms with Crippen LogP contribution in [-0.4, -0.2) is 53.3 Å².